The van der Waals surface area contributed by atoms with Crippen LogP contribution < -0.4 is 10.6 Å². The fourth-order valence-corrected chi connectivity index (χ4v) is 1.95. The van der Waals surface area contributed by atoms with Crippen LogP contribution in [0.15, 0.2) is 6.20 Å². The number of rotatable bonds is 7. The molecule has 2 rings (SSSR count). The van der Waals surface area contributed by atoms with Gasteiger partial charge in [0.2, 0.25) is 5.91 Å². The Labute approximate surface area is 124 Å². The second kappa shape index (κ2) is 6.71. The molecule has 116 valence electrons. The van der Waals surface area contributed by atoms with Gasteiger partial charge in [0.15, 0.2) is 0 Å². The maximum absolute atomic E-state index is 11.9. The second-order valence-corrected chi connectivity index (χ2v) is 5.23. The number of hydrogen-bond donors (Lipinski definition) is 2. The van der Waals surface area contributed by atoms with E-state index in [9.17, 15) is 9.59 Å². The predicted molar refractivity (Wildman–Crippen MR) is 76.6 cm³/mol. The molecule has 21 heavy (non-hydrogen) atoms. The highest BCUT2D eigenvalue weighted by atomic mass is 16.5. The SMILES string of the molecule is CCOC(=O)c1cnn(C)c1CNC(C)C(=O)NC1CC1. The number of aromatic nitrogens is 2. The summed E-state index contributed by atoms with van der Waals surface area (Å²) in [5.74, 6) is -0.408. The van der Waals surface area contributed by atoms with Gasteiger partial charge in [-0.15, -0.1) is 0 Å². The molecular formula is C14H22N4O3. The molecule has 2 N–H and O–H groups in total. The first-order valence-electron chi connectivity index (χ1n) is 7.24. The molecule has 1 amide bonds. The number of aryl methyl sites for hydroxylation is 1. The van der Waals surface area contributed by atoms with Gasteiger partial charge in [-0.25, -0.2) is 4.79 Å². The van der Waals surface area contributed by atoms with Crippen molar-refractivity contribution in [3.05, 3.63) is 17.5 Å². The highest BCUT2D eigenvalue weighted by molar-refractivity contribution is 5.90. The number of carbonyl (C=O) groups is 2. The molecule has 1 atom stereocenters. The molecule has 7 heteroatoms. The van der Waals surface area contributed by atoms with Crippen LogP contribution in [0, 0.1) is 0 Å². The molecule has 1 aromatic rings. The first-order valence-corrected chi connectivity index (χ1v) is 7.24. The minimum Gasteiger partial charge on any atom is -0.462 e. The molecule has 7 nitrogen and oxygen atoms in total. The Morgan fingerprint density at radius 2 is 2.24 bits per heavy atom. The lowest BCUT2D eigenvalue weighted by atomic mass is 10.2. The van der Waals surface area contributed by atoms with Crippen LogP contribution in [0.4, 0.5) is 0 Å². The Morgan fingerprint density at radius 1 is 1.52 bits per heavy atom. The lowest BCUT2D eigenvalue weighted by molar-refractivity contribution is -0.122. The number of hydrogen-bond acceptors (Lipinski definition) is 5. The Kier molecular flexibility index (Phi) is 4.95. The minimum absolute atomic E-state index is 0.0163. The highest BCUT2D eigenvalue weighted by Gasteiger charge is 2.26. The van der Waals surface area contributed by atoms with Gasteiger partial charge in [-0.3, -0.25) is 9.48 Å². The highest BCUT2D eigenvalue weighted by Crippen LogP contribution is 2.18. The van der Waals surface area contributed by atoms with E-state index in [4.69, 9.17) is 4.74 Å². The molecule has 0 aromatic carbocycles. The van der Waals surface area contributed by atoms with Gasteiger partial charge in [0.1, 0.15) is 5.56 Å². The van der Waals surface area contributed by atoms with Crippen LogP contribution in [-0.2, 0) is 23.1 Å². The monoisotopic (exact) mass is 294 g/mol. The summed E-state index contributed by atoms with van der Waals surface area (Å²) in [6.45, 7) is 4.26. The third-order valence-electron chi connectivity index (χ3n) is 3.45. The fraction of sp³-hybridized carbons (Fsp3) is 0.643. The van der Waals surface area contributed by atoms with Crippen LogP contribution >= 0.6 is 0 Å². The maximum atomic E-state index is 11.9. The van der Waals surface area contributed by atoms with Crippen molar-refractivity contribution >= 4 is 11.9 Å². The van der Waals surface area contributed by atoms with Gasteiger partial charge in [0.05, 0.1) is 24.5 Å². The van der Waals surface area contributed by atoms with E-state index in [1.165, 1.54) is 6.20 Å². The summed E-state index contributed by atoms with van der Waals surface area (Å²) in [6, 6.07) is 0.0177. The van der Waals surface area contributed by atoms with E-state index >= 15 is 0 Å². The third-order valence-corrected chi connectivity index (χ3v) is 3.45. The third kappa shape index (κ3) is 4.04. The van der Waals surface area contributed by atoms with Crippen LogP contribution in [0.1, 0.15) is 42.7 Å². The first-order chi connectivity index (χ1) is 10.0. The summed E-state index contributed by atoms with van der Waals surface area (Å²) < 4.78 is 6.61. The van der Waals surface area contributed by atoms with Gasteiger partial charge >= 0.3 is 5.97 Å². The van der Waals surface area contributed by atoms with Crippen molar-refractivity contribution in [3.63, 3.8) is 0 Å². The molecular weight excluding hydrogens is 272 g/mol. The Hall–Kier alpha value is -1.89. The molecule has 0 radical (unpaired) electrons. The maximum Gasteiger partial charge on any atom is 0.341 e. The molecule has 0 aliphatic heterocycles. The second-order valence-electron chi connectivity index (χ2n) is 5.23. The molecule has 1 aromatic heterocycles. The van der Waals surface area contributed by atoms with E-state index in [0.29, 0.717) is 30.5 Å². The molecule has 1 saturated carbocycles. The summed E-state index contributed by atoms with van der Waals surface area (Å²) in [4.78, 5) is 23.7. The smallest absolute Gasteiger partial charge is 0.341 e. The van der Waals surface area contributed by atoms with Crippen molar-refractivity contribution in [1.82, 2.24) is 20.4 Å². The van der Waals surface area contributed by atoms with Gasteiger partial charge in [0, 0.05) is 19.6 Å². The molecule has 0 spiro atoms. The fourth-order valence-electron chi connectivity index (χ4n) is 1.95. The Balaban J connectivity index is 1.93. The average Bonchev–Trinajstić information content (AvgIpc) is 3.18. The van der Waals surface area contributed by atoms with Crippen LogP contribution in [0.3, 0.4) is 0 Å². The van der Waals surface area contributed by atoms with Crippen LogP contribution in [0.25, 0.3) is 0 Å². The van der Waals surface area contributed by atoms with E-state index in [-0.39, 0.29) is 11.9 Å². The Bertz CT molecular complexity index is 522. The molecule has 1 fully saturated rings. The van der Waals surface area contributed by atoms with Crippen molar-refractivity contribution in [2.45, 2.75) is 45.3 Å². The van der Waals surface area contributed by atoms with Crippen molar-refractivity contribution in [2.75, 3.05) is 6.61 Å². The van der Waals surface area contributed by atoms with Gasteiger partial charge in [0.25, 0.3) is 0 Å². The minimum atomic E-state index is -0.391. The van der Waals surface area contributed by atoms with Crippen LogP contribution in [-0.4, -0.2) is 40.3 Å². The largest absolute Gasteiger partial charge is 0.462 e. The molecule has 1 heterocycles. The molecule has 0 bridgehead atoms. The van der Waals surface area contributed by atoms with Gasteiger partial charge in [-0.1, -0.05) is 0 Å². The van der Waals surface area contributed by atoms with Crippen molar-refractivity contribution in [1.29, 1.82) is 0 Å². The van der Waals surface area contributed by atoms with Crippen molar-refractivity contribution in [3.8, 4) is 0 Å². The Morgan fingerprint density at radius 3 is 2.86 bits per heavy atom. The average molecular weight is 294 g/mol. The quantitative estimate of drug-likeness (QED) is 0.709. The first kappa shape index (κ1) is 15.5. The lowest BCUT2D eigenvalue weighted by Crippen LogP contribution is -2.43. The summed E-state index contributed by atoms with van der Waals surface area (Å²) in [5.41, 5.74) is 1.14. The van der Waals surface area contributed by atoms with Crippen molar-refractivity contribution < 1.29 is 14.3 Å². The summed E-state index contributed by atoms with van der Waals surface area (Å²) in [5, 5.41) is 10.1. The number of esters is 1. The zero-order chi connectivity index (χ0) is 15.4. The number of ether oxygens (including phenoxy) is 1. The zero-order valence-corrected chi connectivity index (χ0v) is 12.7. The predicted octanol–water partition coefficient (Wildman–Crippen LogP) is 0.354. The van der Waals surface area contributed by atoms with Gasteiger partial charge in [-0.2, -0.15) is 5.10 Å². The van der Waals surface area contributed by atoms with E-state index in [2.05, 4.69) is 15.7 Å². The topological polar surface area (TPSA) is 85.2 Å². The molecule has 0 saturated heterocycles. The number of amides is 1. The summed E-state index contributed by atoms with van der Waals surface area (Å²) >= 11 is 0. The van der Waals surface area contributed by atoms with Crippen LogP contribution in [0.2, 0.25) is 0 Å². The van der Waals surface area contributed by atoms with Crippen molar-refractivity contribution in [2.24, 2.45) is 7.05 Å². The van der Waals surface area contributed by atoms with E-state index in [1.807, 2.05) is 0 Å². The van der Waals surface area contributed by atoms with E-state index in [1.54, 1.807) is 25.6 Å². The van der Waals surface area contributed by atoms with E-state index < -0.39 is 5.97 Å². The summed E-state index contributed by atoms with van der Waals surface area (Å²) in [7, 11) is 1.76. The normalized spacial score (nSPS) is 15.6. The molecule has 1 aliphatic rings. The number of nitrogens with zero attached hydrogens (tertiary/aromatic N) is 2. The number of carbonyl (C=O) groups excluding carboxylic acids is 2. The number of nitrogens with one attached hydrogen (secondary N) is 2. The van der Waals surface area contributed by atoms with Crippen LogP contribution in [0.5, 0.6) is 0 Å². The lowest BCUT2D eigenvalue weighted by Gasteiger charge is -2.14. The van der Waals surface area contributed by atoms with E-state index in [0.717, 1.165) is 12.8 Å². The molecule has 1 unspecified atom stereocenters. The molecule has 1 aliphatic carbocycles. The standard InChI is InChI=1S/C14H22N4O3/c1-4-21-14(20)11-7-16-18(3)12(11)8-15-9(2)13(19)17-10-5-6-10/h7,9-10,15H,4-6,8H2,1-3H3,(H,17,19). The van der Waals surface area contributed by atoms with Gasteiger partial charge < -0.3 is 15.4 Å². The zero-order valence-electron chi connectivity index (χ0n) is 12.7. The summed E-state index contributed by atoms with van der Waals surface area (Å²) in [6.07, 6.45) is 3.62. The van der Waals surface area contributed by atoms with Gasteiger partial charge in [-0.05, 0) is 26.7 Å².